The number of aliphatic hydroxyl groups excluding tert-OH is 5. The van der Waals surface area contributed by atoms with Crippen molar-refractivity contribution in [1.82, 2.24) is 0 Å². The van der Waals surface area contributed by atoms with Gasteiger partial charge in [0.25, 0.3) is 0 Å². The SMILES string of the molecule is OC[C@@H](O)[C@@H](O)[C@H](O)[C@@H](O)COC1CCCO1. The van der Waals surface area contributed by atoms with Crippen molar-refractivity contribution in [1.29, 1.82) is 0 Å². The lowest BCUT2D eigenvalue weighted by Crippen LogP contribution is -2.47. The van der Waals surface area contributed by atoms with Crippen molar-refractivity contribution in [2.75, 3.05) is 19.8 Å². The predicted octanol–water partition coefficient (Wildman–Crippen LogP) is -2.42. The van der Waals surface area contributed by atoms with Crippen LogP contribution in [-0.4, -0.2) is 76.1 Å². The van der Waals surface area contributed by atoms with Crippen LogP contribution in [0.5, 0.6) is 0 Å². The fourth-order valence-corrected chi connectivity index (χ4v) is 1.55. The van der Waals surface area contributed by atoms with Crippen LogP contribution in [-0.2, 0) is 9.47 Å². The molecule has 0 amide bonds. The second-order valence-electron chi connectivity index (χ2n) is 4.07. The molecular weight excluding hydrogens is 232 g/mol. The van der Waals surface area contributed by atoms with Gasteiger partial charge in [0.05, 0.1) is 13.2 Å². The molecule has 0 bridgehead atoms. The fraction of sp³-hybridized carbons (Fsp3) is 1.00. The normalized spacial score (nSPS) is 27.7. The lowest BCUT2D eigenvalue weighted by atomic mass is 10.0. The first-order valence-corrected chi connectivity index (χ1v) is 5.62. The summed E-state index contributed by atoms with van der Waals surface area (Å²) < 4.78 is 10.3. The topological polar surface area (TPSA) is 120 Å². The zero-order valence-electron chi connectivity index (χ0n) is 9.47. The van der Waals surface area contributed by atoms with Crippen molar-refractivity contribution in [3.8, 4) is 0 Å². The van der Waals surface area contributed by atoms with Crippen molar-refractivity contribution in [3.05, 3.63) is 0 Å². The van der Waals surface area contributed by atoms with Gasteiger partial charge in [-0.1, -0.05) is 0 Å². The van der Waals surface area contributed by atoms with Gasteiger partial charge in [0.15, 0.2) is 6.29 Å². The van der Waals surface area contributed by atoms with E-state index in [1.54, 1.807) is 0 Å². The molecule has 1 heterocycles. The van der Waals surface area contributed by atoms with Crippen LogP contribution in [0.3, 0.4) is 0 Å². The lowest BCUT2D eigenvalue weighted by Gasteiger charge is -2.26. The Morgan fingerprint density at radius 1 is 1.12 bits per heavy atom. The number of aliphatic hydroxyl groups is 5. The van der Waals surface area contributed by atoms with E-state index in [2.05, 4.69) is 0 Å². The van der Waals surface area contributed by atoms with Gasteiger partial charge in [0.2, 0.25) is 0 Å². The molecule has 5 N–H and O–H groups in total. The Balaban J connectivity index is 2.27. The molecule has 17 heavy (non-hydrogen) atoms. The van der Waals surface area contributed by atoms with E-state index in [4.69, 9.17) is 19.7 Å². The second-order valence-corrected chi connectivity index (χ2v) is 4.07. The monoisotopic (exact) mass is 252 g/mol. The minimum Gasteiger partial charge on any atom is -0.394 e. The molecule has 7 heteroatoms. The molecule has 0 spiro atoms. The van der Waals surface area contributed by atoms with Gasteiger partial charge >= 0.3 is 0 Å². The Morgan fingerprint density at radius 3 is 2.29 bits per heavy atom. The van der Waals surface area contributed by atoms with E-state index in [0.717, 1.165) is 12.8 Å². The second kappa shape index (κ2) is 7.22. The van der Waals surface area contributed by atoms with E-state index >= 15 is 0 Å². The Bertz CT molecular complexity index is 207. The molecule has 0 aromatic heterocycles. The molecule has 0 aliphatic carbocycles. The summed E-state index contributed by atoms with van der Waals surface area (Å²) in [5.41, 5.74) is 0. The van der Waals surface area contributed by atoms with Gasteiger partial charge in [-0.3, -0.25) is 0 Å². The highest BCUT2D eigenvalue weighted by molar-refractivity contribution is 4.80. The minimum atomic E-state index is -1.62. The highest BCUT2D eigenvalue weighted by Gasteiger charge is 2.30. The molecule has 0 aromatic carbocycles. The van der Waals surface area contributed by atoms with Crippen LogP contribution >= 0.6 is 0 Å². The minimum absolute atomic E-state index is 0.207. The van der Waals surface area contributed by atoms with Gasteiger partial charge in [-0.15, -0.1) is 0 Å². The molecule has 1 fully saturated rings. The maximum absolute atomic E-state index is 9.51. The highest BCUT2D eigenvalue weighted by Crippen LogP contribution is 2.14. The molecule has 1 aliphatic heterocycles. The van der Waals surface area contributed by atoms with Crippen molar-refractivity contribution in [2.45, 2.75) is 43.5 Å². The Hall–Kier alpha value is -0.280. The van der Waals surface area contributed by atoms with E-state index in [-0.39, 0.29) is 6.61 Å². The predicted molar refractivity (Wildman–Crippen MR) is 56.0 cm³/mol. The quantitative estimate of drug-likeness (QED) is 0.342. The molecule has 1 rings (SSSR count). The molecule has 0 saturated carbocycles. The molecule has 5 atom stereocenters. The standard InChI is InChI=1S/C10H20O7/c11-4-6(12)9(14)10(15)7(13)5-17-8-2-1-3-16-8/h6-15H,1-5H2/t6-,7+,8?,9-,10-/m1/s1. The van der Waals surface area contributed by atoms with Gasteiger partial charge in [0.1, 0.15) is 24.4 Å². The summed E-state index contributed by atoms with van der Waals surface area (Å²) in [4.78, 5) is 0. The first kappa shape index (κ1) is 14.8. The van der Waals surface area contributed by atoms with Crippen LogP contribution in [0.25, 0.3) is 0 Å². The van der Waals surface area contributed by atoms with Crippen LogP contribution in [0.2, 0.25) is 0 Å². The van der Waals surface area contributed by atoms with Crippen molar-refractivity contribution < 1.29 is 35.0 Å². The zero-order chi connectivity index (χ0) is 12.8. The maximum atomic E-state index is 9.51. The molecule has 0 aromatic rings. The molecule has 0 radical (unpaired) electrons. The molecule has 7 nitrogen and oxygen atoms in total. The molecule has 1 aliphatic rings. The summed E-state index contributed by atoms with van der Waals surface area (Å²) in [5.74, 6) is 0. The van der Waals surface area contributed by atoms with Gasteiger partial charge in [-0.05, 0) is 6.42 Å². The van der Waals surface area contributed by atoms with E-state index in [0.29, 0.717) is 6.61 Å². The molecule has 1 saturated heterocycles. The summed E-state index contributed by atoms with van der Waals surface area (Å²) in [5, 5.41) is 46.0. The first-order chi connectivity index (χ1) is 8.06. The van der Waals surface area contributed by atoms with E-state index in [9.17, 15) is 15.3 Å². The van der Waals surface area contributed by atoms with E-state index < -0.39 is 37.3 Å². The lowest BCUT2D eigenvalue weighted by molar-refractivity contribution is -0.166. The fourth-order valence-electron chi connectivity index (χ4n) is 1.55. The smallest absolute Gasteiger partial charge is 0.157 e. The van der Waals surface area contributed by atoms with Crippen LogP contribution in [0.4, 0.5) is 0 Å². The molecular formula is C10H20O7. The number of ether oxygens (including phenoxy) is 2. The summed E-state index contributed by atoms with van der Waals surface area (Å²) >= 11 is 0. The first-order valence-electron chi connectivity index (χ1n) is 5.62. The van der Waals surface area contributed by atoms with Crippen LogP contribution < -0.4 is 0 Å². The van der Waals surface area contributed by atoms with Crippen LogP contribution in [0.15, 0.2) is 0 Å². The van der Waals surface area contributed by atoms with Gasteiger partial charge in [-0.25, -0.2) is 0 Å². The van der Waals surface area contributed by atoms with Crippen LogP contribution in [0.1, 0.15) is 12.8 Å². The van der Waals surface area contributed by atoms with Crippen molar-refractivity contribution in [2.24, 2.45) is 0 Å². The number of hydrogen-bond acceptors (Lipinski definition) is 7. The van der Waals surface area contributed by atoms with Gasteiger partial charge < -0.3 is 35.0 Å². The average molecular weight is 252 g/mol. The maximum Gasteiger partial charge on any atom is 0.157 e. The van der Waals surface area contributed by atoms with Gasteiger partial charge in [-0.2, -0.15) is 0 Å². The molecule has 102 valence electrons. The van der Waals surface area contributed by atoms with E-state index in [1.807, 2.05) is 0 Å². The molecule has 1 unspecified atom stereocenters. The Kier molecular flexibility index (Phi) is 6.28. The third kappa shape index (κ3) is 4.47. The highest BCUT2D eigenvalue weighted by atomic mass is 16.7. The Morgan fingerprint density at radius 2 is 1.76 bits per heavy atom. The Labute approximate surface area is 99.2 Å². The zero-order valence-corrected chi connectivity index (χ0v) is 9.47. The number of hydrogen-bond donors (Lipinski definition) is 5. The third-order valence-electron chi connectivity index (χ3n) is 2.67. The largest absolute Gasteiger partial charge is 0.394 e. The average Bonchev–Trinajstić information content (AvgIpc) is 2.86. The summed E-state index contributed by atoms with van der Waals surface area (Å²) in [6.07, 6.45) is -4.84. The van der Waals surface area contributed by atoms with Gasteiger partial charge in [0, 0.05) is 13.0 Å². The van der Waals surface area contributed by atoms with E-state index in [1.165, 1.54) is 0 Å². The third-order valence-corrected chi connectivity index (χ3v) is 2.67. The van der Waals surface area contributed by atoms with Crippen molar-refractivity contribution in [3.63, 3.8) is 0 Å². The van der Waals surface area contributed by atoms with Crippen molar-refractivity contribution >= 4 is 0 Å². The summed E-state index contributed by atoms with van der Waals surface area (Å²) in [6.45, 7) is -0.298. The summed E-state index contributed by atoms with van der Waals surface area (Å²) in [7, 11) is 0. The number of rotatable bonds is 7. The summed E-state index contributed by atoms with van der Waals surface area (Å²) in [6, 6.07) is 0. The van der Waals surface area contributed by atoms with Crippen LogP contribution in [0, 0.1) is 0 Å².